The lowest BCUT2D eigenvalue weighted by molar-refractivity contribution is 0.102. The topological polar surface area (TPSA) is 58.1 Å². The van der Waals surface area contributed by atoms with Crippen LogP contribution in [0.15, 0.2) is 65.4 Å². The van der Waals surface area contributed by atoms with Crippen LogP contribution in [0.25, 0.3) is 0 Å². The molecule has 0 spiro atoms. The molecule has 1 heterocycles. The molecular formula is C19H17BrN4O. The van der Waals surface area contributed by atoms with E-state index in [1.165, 1.54) is 12.4 Å². The molecule has 0 aliphatic carbocycles. The largest absolute Gasteiger partial charge is 0.322 e. The monoisotopic (exact) mass is 396 g/mol. The molecule has 25 heavy (non-hydrogen) atoms. The molecule has 2 aromatic carbocycles. The number of hydrogen-bond acceptors (Lipinski definition) is 4. The number of carbonyl (C=O) groups excluding carboxylic acids is 1. The number of nitrogens with one attached hydrogen (secondary N) is 1. The first-order chi connectivity index (χ1) is 12.0. The van der Waals surface area contributed by atoms with Crippen LogP contribution in [0.4, 0.5) is 17.3 Å². The van der Waals surface area contributed by atoms with Crippen LogP contribution in [0.3, 0.4) is 0 Å². The van der Waals surface area contributed by atoms with Crippen molar-refractivity contribution < 1.29 is 4.79 Å². The van der Waals surface area contributed by atoms with Crippen LogP contribution in [0.1, 0.15) is 15.9 Å². The van der Waals surface area contributed by atoms with E-state index in [2.05, 4.69) is 31.2 Å². The number of anilines is 3. The van der Waals surface area contributed by atoms with Crippen molar-refractivity contribution in [1.29, 1.82) is 0 Å². The molecule has 0 saturated carbocycles. The number of hydrogen-bond donors (Lipinski definition) is 1. The second kappa shape index (κ2) is 7.44. The maximum Gasteiger partial charge on any atom is 0.258 e. The summed E-state index contributed by atoms with van der Waals surface area (Å²) >= 11 is 3.44. The quantitative estimate of drug-likeness (QED) is 0.701. The van der Waals surface area contributed by atoms with Gasteiger partial charge in [0, 0.05) is 35.3 Å². The van der Waals surface area contributed by atoms with Crippen LogP contribution in [0.2, 0.25) is 0 Å². The van der Waals surface area contributed by atoms with Gasteiger partial charge in [-0.15, -0.1) is 0 Å². The van der Waals surface area contributed by atoms with Crippen molar-refractivity contribution in [2.75, 3.05) is 17.3 Å². The summed E-state index contributed by atoms with van der Waals surface area (Å²) in [7, 11) is 1.88. The third kappa shape index (κ3) is 4.03. The first-order valence-electron chi connectivity index (χ1n) is 7.73. The van der Waals surface area contributed by atoms with Crippen LogP contribution >= 0.6 is 15.9 Å². The second-order valence-corrected chi connectivity index (χ2v) is 6.44. The Morgan fingerprint density at radius 1 is 1.08 bits per heavy atom. The molecule has 0 fully saturated rings. The minimum absolute atomic E-state index is 0.240. The minimum atomic E-state index is -0.240. The maximum atomic E-state index is 12.3. The average Bonchev–Trinajstić information content (AvgIpc) is 2.65. The van der Waals surface area contributed by atoms with Gasteiger partial charge in [-0.2, -0.15) is 0 Å². The Hall–Kier alpha value is -2.73. The molecule has 0 atom stereocenters. The Morgan fingerprint density at radius 3 is 2.40 bits per heavy atom. The summed E-state index contributed by atoms with van der Waals surface area (Å²) in [4.78, 5) is 22.8. The van der Waals surface area contributed by atoms with E-state index in [-0.39, 0.29) is 5.91 Å². The zero-order valence-electron chi connectivity index (χ0n) is 13.9. The van der Waals surface area contributed by atoms with Gasteiger partial charge in [-0.3, -0.25) is 4.79 Å². The molecule has 6 heteroatoms. The number of aromatic nitrogens is 2. The van der Waals surface area contributed by atoms with Gasteiger partial charge >= 0.3 is 0 Å². The summed E-state index contributed by atoms with van der Waals surface area (Å²) < 4.78 is 1.00. The van der Waals surface area contributed by atoms with Crippen molar-refractivity contribution in [1.82, 2.24) is 9.97 Å². The lowest BCUT2D eigenvalue weighted by Crippen LogP contribution is -2.16. The summed E-state index contributed by atoms with van der Waals surface area (Å²) in [6, 6.07) is 15.4. The lowest BCUT2D eigenvalue weighted by atomic mass is 10.2. The average molecular weight is 397 g/mol. The van der Waals surface area contributed by atoms with E-state index in [0.29, 0.717) is 11.5 Å². The van der Waals surface area contributed by atoms with Gasteiger partial charge in [0.15, 0.2) is 0 Å². The zero-order chi connectivity index (χ0) is 17.8. The molecule has 1 N–H and O–H groups in total. The van der Waals surface area contributed by atoms with Gasteiger partial charge in [0.05, 0.1) is 5.56 Å². The Bertz CT molecular complexity index is 882. The zero-order valence-corrected chi connectivity index (χ0v) is 15.5. The first kappa shape index (κ1) is 17.1. The molecule has 126 valence electrons. The van der Waals surface area contributed by atoms with E-state index < -0.39 is 0 Å². The van der Waals surface area contributed by atoms with Crippen molar-refractivity contribution in [2.45, 2.75) is 6.92 Å². The number of benzene rings is 2. The van der Waals surface area contributed by atoms with Crippen molar-refractivity contribution in [3.8, 4) is 0 Å². The summed E-state index contributed by atoms with van der Waals surface area (Å²) in [5, 5.41) is 2.85. The number of carbonyl (C=O) groups is 1. The highest BCUT2D eigenvalue weighted by Gasteiger charge is 2.11. The third-order valence-corrected chi connectivity index (χ3v) is 4.65. The maximum absolute atomic E-state index is 12.3. The van der Waals surface area contributed by atoms with E-state index in [1.807, 2.05) is 67.4 Å². The summed E-state index contributed by atoms with van der Waals surface area (Å²) in [5.74, 6) is 0.290. The molecule has 0 saturated heterocycles. The second-order valence-electron chi connectivity index (χ2n) is 5.58. The molecule has 0 aliphatic rings. The lowest BCUT2D eigenvalue weighted by Gasteiger charge is -2.16. The highest BCUT2D eigenvalue weighted by molar-refractivity contribution is 9.10. The fraction of sp³-hybridized carbons (Fsp3) is 0.105. The number of amides is 1. The molecular weight excluding hydrogens is 380 g/mol. The van der Waals surface area contributed by atoms with Crippen LogP contribution in [-0.4, -0.2) is 22.9 Å². The van der Waals surface area contributed by atoms with Gasteiger partial charge in [-0.05, 0) is 42.8 Å². The van der Waals surface area contributed by atoms with E-state index in [1.54, 1.807) is 0 Å². The predicted molar refractivity (Wildman–Crippen MR) is 103 cm³/mol. The molecule has 1 amide bonds. The molecule has 0 aliphatic heterocycles. The Labute approximate surface area is 154 Å². The molecule has 1 aromatic heterocycles. The van der Waals surface area contributed by atoms with Crippen LogP contribution in [0.5, 0.6) is 0 Å². The first-order valence-corrected chi connectivity index (χ1v) is 8.52. The Balaban J connectivity index is 1.73. The van der Waals surface area contributed by atoms with Crippen LogP contribution in [0, 0.1) is 6.92 Å². The van der Waals surface area contributed by atoms with Gasteiger partial charge in [0.25, 0.3) is 5.91 Å². The molecule has 0 bridgehead atoms. The fourth-order valence-electron chi connectivity index (χ4n) is 2.30. The number of nitrogens with zero attached hydrogens (tertiary/aromatic N) is 3. The molecule has 0 radical (unpaired) electrons. The SMILES string of the molecule is Cc1cc(NC(=O)c2cnc(N(C)c3ccccc3)nc2)ccc1Br. The van der Waals surface area contributed by atoms with Gasteiger partial charge < -0.3 is 10.2 Å². The van der Waals surface area contributed by atoms with Gasteiger partial charge in [-0.25, -0.2) is 9.97 Å². The van der Waals surface area contributed by atoms with Gasteiger partial charge in [0.1, 0.15) is 0 Å². The summed E-state index contributed by atoms with van der Waals surface area (Å²) in [6.07, 6.45) is 3.06. The van der Waals surface area contributed by atoms with E-state index in [9.17, 15) is 4.79 Å². The minimum Gasteiger partial charge on any atom is -0.322 e. The van der Waals surface area contributed by atoms with Crippen LogP contribution < -0.4 is 10.2 Å². The fourth-order valence-corrected chi connectivity index (χ4v) is 2.55. The summed E-state index contributed by atoms with van der Waals surface area (Å²) in [5.41, 5.74) is 3.17. The van der Waals surface area contributed by atoms with Crippen molar-refractivity contribution in [3.63, 3.8) is 0 Å². The molecule has 3 rings (SSSR count). The number of aryl methyl sites for hydroxylation is 1. The molecule has 3 aromatic rings. The normalized spacial score (nSPS) is 10.4. The van der Waals surface area contributed by atoms with Gasteiger partial charge in [0.2, 0.25) is 5.95 Å². The van der Waals surface area contributed by atoms with E-state index in [0.717, 1.165) is 21.4 Å². The van der Waals surface area contributed by atoms with E-state index in [4.69, 9.17) is 0 Å². The van der Waals surface area contributed by atoms with E-state index >= 15 is 0 Å². The third-order valence-electron chi connectivity index (χ3n) is 3.76. The Kier molecular flexibility index (Phi) is 5.09. The molecule has 0 unspecified atom stereocenters. The highest BCUT2D eigenvalue weighted by atomic mass is 79.9. The van der Waals surface area contributed by atoms with Crippen molar-refractivity contribution in [2.24, 2.45) is 0 Å². The highest BCUT2D eigenvalue weighted by Crippen LogP contribution is 2.21. The van der Waals surface area contributed by atoms with Gasteiger partial charge in [-0.1, -0.05) is 34.1 Å². The van der Waals surface area contributed by atoms with Crippen molar-refractivity contribution >= 4 is 39.2 Å². The standard InChI is InChI=1S/C19H17BrN4O/c1-13-10-15(8-9-17(13)20)23-18(25)14-11-21-19(22-12-14)24(2)16-6-4-3-5-7-16/h3-12H,1-2H3,(H,23,25). The smallest absolute Gasteiger partial charge is 0.258 e. The number of halogens is 1. The Morgan fingerprint density at radius 2 is 1.76 bits per heavy atom. The number of para-hydroxylation sites is 1. The summed E-state index contributed by atoms with van der Waals surface area (Å²) in [6.45, 7) is 1.97. The van der Waals surface area contributed by atoms with Crippen molar-refractivity contribution in [3.05, 3.63) is 76.5 Å². The van der Waals surface area contributed by atoms with Crippen LogP contribution in [-0.2, 0) is 0 Å². The number of rotatable bonds is 4. The molecule has 5 nitrogen and oxygen atoms in total. The predicted octanol–water partition coefficient (Wildman–Crippen LogP) is 4.57.